The fraction of sp³-hybridized carbons (Fsp3) is 0.133. The van der Waals surface area contributed by atoms with Crippen molar-refractivity contribution >= 4 is 17.6 Å². The van der Waals surface area contributed by atoms with E-state index in [1.165, 1.54) is 36.3 Å². The van der Waals surface area contributed by atoms with Crippen molar-refractivity contribution in [1.29, 1.82) is 0 Å². The molecule has 0 atom stereocenters. The summed E-state index contributed by atoms with van der Waals surface area (Å²) in [6.07, 6.45) is 8.53. The maximum Gasteiger partial charge on any atom is 0.277 e. The molecule has 0 aromatic rings. The predicted octanol–water partition coefficient (Wildman–Crippen LogP) is 1.36. The first-order valence-electron chi connectivity index (χ1n) is 6.13. The summed E-state index contributed by atoms with van der Waals surface area (Å²) in [5.41, 5.74) is 5.69. The van der Waals surface area contributed by atoms with Crippen LogP contribution in [0.15, 0.2) is 65.1 Å². The van der Waals surface area contributed by atoms with Gasteiger partial charge in [0.1, 0.15) is 17.3 Å². The summed E-state index contributed by atoms with van der Waals surface area (Å²) in [6, 6.07) is 0. The third-order valence-electron chi connectivity index (χ3n) is 2.59. The van der Waals surface area contributed by atoms with Gasteiger partial charge in [0.2, 0.25) is 5.91 Å². The van der Waals surface area contributed by atoms with Gasteiger partial charge in [-0.05, 0) is 36.8 Å². The highest BCUT2D eigenvalue weighted by Crippen LogP contribution is 2.16. The van der Waals surface area contributed by atoms with Crippen molar-refractivity contribution < 1.29 is 14.7 Å². The molecule has 0 aliphatic carbocycles. The van der Waals surface area contributed by atoms with Gasteiger partial charge in [0.15, 0.2) is 0 Å². The Morgan fingerprint density at radius 2 is 2.05 bits per heavy atom. The van der Waals surface area contributed by atoms with Gasteiger partial charge in [-0.15, -0.1) is 0 Å². The van der Waals surface area contributed by atoms with E-state index in [1.54, 1.807) is 13.0 Å². The van der Waals surface area contributed by atoms with Crippen LogP contribution in [0.3, 0.4) is 0 Å². The summed E-state index contributed by atoms with van der Waals surface area (Å²) in [5.74, 6) is -0.523. The Hall–Kier alpha value is -2.89. The summed E-state index contributed by atoms with van der Waals surface area (Å²) in [6.45, 7) is 5.44. The molecular formula is C15H17N3O3. The number of hydrogen-bond donors (Lipinski definition) is 2. The zero-order valence-corrected chi connectivity index (χ0v) is 11.9. The average molecular weight is 287 g/mol. The van der Waals surface area contributed by atoms with Gasteiger partial charge in [0.25, 0.3) is 5.91 Å². The van der Waals surface area contributed by atoms with Crippen LogP contribution in [-0.2, 0) is 9.59 Å². The lowest BCUT2D eigenvalue weighted by molar-refractivity contribution is -0.121. The first kappa shape index (κ1) is 16.2. The minimum atomic E-state index is -0.620. The number of amidine groups is 1. The number of amides is 2. The molecule has 1 heterocycles. The molecule has 3 N–H and O–H groups in total. The highest BCUT2D eigenvalue weighted by Gasteiger charge is 2.25. The lowest BCUT2D eigenvalue weighted by atomic mass is 10.2. The summed E-state index contributed by atoms with van der Waals surface area (Å²) in [4.78, 5) is 28.0. The maximum atomic E-state index is 12.0. The quantitative estimate of drug-likeness (QED) is 0.454. The molecule has 0 aromatic carbocycles. The van der Waals surface area contributed by atoms with Crippen molar-refractivity contribution in [3.8, 4) is 0 Å². The molecule has 0 fully saturated rings. The van der Waals surface area contributed by atoms with Gasteiger partial charge in [-0.1, -0.05) is 12.7 Å². The number of carbonyl (C=O) groups is 2. The zero-order chi connectivity index (χ0) is 16.0. The molecule has 0 spiro atoms. The van der Waals surface area contributed by atoms with Crippen molar-refractivity contribution in [3.63, 3.8) is 0 Å². The van der Waals surface area contributed by atoms with Crippen LogP contribution < -0.4 is 5.73 Å². The Bertz CT molecular complexity index is 622. The van der Waals surface area contributed by atoms with Crippen LogP contribution in [0.25, 0.3) is 0 Å². The van der Waals surface area contributed by atoms with Crippen LogP contribution >= 0.6 is 0 Å². The fourth-order valence-electron chi connectivity index (χ4n) is 1.43. The fourth-order valence-corrected chi connectivity index (χ4v) is 1.43. The smallest absolute Gasteiger partial charge is 0.277 e. The number of aliphatic imine (C=N–C) groups is 1. The summed E-state index contributed by atoms with van der Waals surface area (Å²) < 4.78 is 0. The normalized spacial score (nSPS) is 18.1. The zero-order valence-electron chi connectivity index (χ0n) is 11.9. The van der Waals surface area contributed by atoms with Crippen molar-refractivity contribution in [2.75, 3.05) is 7.05 Å². The SMILES string of the molecule is C=C(/C=C\C(O)=C/C)/C=C1N=C(/C=C/C(N)=O)N(C)C\1=O. The third-order valence-corrected chi connectivity index (χ3v) is 2.59. The van der Waals surface area contributed by atoms with E-state index in [2.05, 4.69) is 11.6 Å². The van der Waals surface area contributed by atoms with Crippen LogP contribution in [0.1, 0.15) is 6.92 Å². The lowest BCUT2D eigenvalue weighted by Gasteiger charge is -2.07. The van der Waals surface area contributed by atoms with E-state index in [-0.39, 0.29) is 17.4 Å². The molecule has 110 valence electrons. The second-order valence-corrected chi connectivity index (χ2v) is 4.22. The molecule has 0 unspecified atom stereocenters. The molecule has 21 heavy (non-hydrogen) atoms. The lowest BCUT2D eigenvalue weighted by Crippen LogP contribution is -2.26. The molecule has 1 rings (SSSR count). The molecule has 2 amide bonds. The minimum absolute atomic E-state index is 0.0954. The van der Waals surface area contributed by atoms with Crippen LogP contribution in [0.4, 0.5) is 0 Å². The minimum Gasteiger partial charge on any atom is -0.508 e. The van der Waals surface area contributed by atoms with E-state index in [4.69, 9.17) is 5.73 Å². The second kappa shape index (κ2) is 7.04. The van der Waals surface area contributed by atoms with E-state index in [1.807, 2.05) is 0 Å². The monoisotopic (exact) mass is 287 g/mol. The summed E-state index contributed by atoms with van der Waals surface area (Å²) in [5, 5.41) is 9.28. The molecule has 1 aliphatic heterocycles. The molecule has 0 bridgehead atoms. The van der Waals surface area contributed by atoms with Gasteiger partial charge in [0.05, 0.1) is 0 Å². The highest BCUT2D eigenvalue weighted by molar-refractivity contribution is 6.16. The number of carbonyl (C=O) groups excluding carboxylic acids is 2. The molecule has 0 aromatic heterocycles. The topological polar surface area (TPSA) is 96.0 Å². The van der Waals surface area contributed by atoms with E-state index in [0.717, 1.165) is 6.08 Å². The largest absolute Gasteiger partial charge is 0.508 e. The summed E-state index contributed by atoms with van der Waals surface area (Å²) in [7, 11) is 1.54. The first-order valence-corrected chi connectivity index (χ1v) is 6.13. The number of nitrogens with two attached hydrogens (primary N) is 1. The molecule has 6 nitrogen and oxygen atoms in total. The highest BCUT2D eigenvalue weighted by atomic mass is 16.3. The average Bonchev–Trinajstić information content (AvgIpc) is 2.70. The number of aliphatic hydroxyl groups excluding tert-OH is 1. The Kier molecular flexibility index (Phi) is 5.42. The molecule has 0 radical (unpaired) electrons. The van der Waals surface area contributed by atoms with Gasteiger partial charge >= 0.3 is 0 Å². The number of aliphatic hydroxyl groups is 1. The van der Waals surface area contributed by atoms with Gasteiger partial charge in [-0.25, -0.2) is 4.99 Å². The molecule has 0 saturated heterocycles. The van der Waals surface area contributed by atoms with E-state index in [0.29, 0.717) is 11.4 Å². The predicted molar refractivity (Wildman–Crippen MR) is 81.3 cm³/mol. The van der Waals surface area contributed by atoms with Crippen LogP contribution in [0.2, 0.25) is 0 Å². The molecule has 0 saturated carbocycles. The van der Waals surface area contributed by atoms with Crippen molar-refractivity contribution in [2.45, 2.75) is 6.92 Å². The number of hydrogen-bond acceptors (Lipinski definition) is 4. The third kappa shape index (κ3) is 4.61. The van der Waals surface area contributed by atoms with Crippen molar-refractivity contribution in [2.24, 2.45) is 10.7 Å². The van der Waals surface area contributed by atoms with E-state index in [9.17, 15) is 14.7 Å². The Morgan fingerprint density at radius 3 is 2.62 bits per heavy atom. The number of nitrogens with zero attached hydrogens (tertiary/aromatic N) is 2. The Labute approximate surface area is 123 Å². The molecule has 1 aliphatic rings. The van der Waals surface area contributed by atoms with Gasteiger partial charge in [-0.2, -0.15) is 0 Å². The Morgan fingerprint density at radius 1 is 1.38 bits per heavy atom. The number of rotatable bonds is 5. The number of primary amides is 1. The first-order chi connectivity index (χ1) is 9.85. The van der Waals surface area contributed by atoms with Crippen molar-refractivity contribution in [3.05, 3.63) is 60.1 Å². The van der Waals surface area contributed by atoms with Crippen LogP contribution in [0.5, 0.6) is 0 Å². The maximum absolute atomic E-state index is 12.0. The molecular weight excluding hydrogens is 270 g/mol. The summed E-state index contributed by atoms with van der Waals surface area (Å²) >= 11 is 0. The van der Waals surface area contributed by atoms with Crippen LogP contribution in [-0.4, -0.2) is 34.7 Å². The second-order valence-electron chi connectivity index (χ2n) is 4.22. The number of likely N-dealkylation sites (N-methyl/N-ethyl adjacent to an activating group) is 1. The van der Waals surface area contributed by atoms with Crippen LogP contribution in [0, 0.1) is 0 Å². The van der Waals surface area contributed by atoms with Gasteiger partial charge < -0.3 is 10.8 Å². The van der Waals surface area contributed by atoms with Gasteiger partial charge in [0, 0.05) is 13.1 Å². The van der Waals surface area contributed by atoms with Gasteiger partial charge in [-0.3, -0.25) is 14.5 Å². The number of allylic oxidation sites excluding steroid dienone is 5. The molecule has 6 heteroatoms. The Balaban J connectivity index is 2.95. The van der Waals surface area contributed by atoms with E-state index < -0.39 is 5.91 Å². The van der Waals surface area contributed by atoms with E-state index >= 15 is 0 Å². The van der Waals surface area contributed by atoms with Crippen molar-refractivity contribution in [1.82, 2.24) is 4.90 Å². The standard InChI is InChI=1S/C15H17N3O3/c1-4-11(19)6-5-10(2)9-12-15(21)18(3)14(17-12)8-7-13(16)20/h4-9,19H,2H2,1,3H3,(H2,16,20)/b6-5-,8-7+,11-4+,12-9-.